The first-order valence-corrected chi connectivity index (χ1v) is 6.19. The first-order valence-electron chi connectivity index (χ1n) is 6.19. The highest BCUT2D eigenvalue weighted by Crippen LogP contribution is 2.32. The highest BCUT2D eigenvalue weighted by Gasteiger charge is 2.42. The molecule has 2 N–H and O–H groups in total. The zero-order chi connectivity index (χ0) is 11.8. The third-order valence-corrected chi connectivity index (χ3v) is 3.83. The highest BCUT2D eigenvalue weighted by atomic mass is 16.5. The Balaban J connectivity index is 2.11. The van der Waals surface area contributed by atoms with Crippen LogP contribution in [-0.2, 0) is 9.53 Å². The number of nitrogens with zero attached hydrogens (tertiary/aromatic N) is 1. The molecule has 1 aliphatic carbocycles. The fourth-order valence-electron chi connectivity index (χ4n) is 2.65. The van der Waals surface area contributed by atoms with Gasteiger partial charge in [0.05, 0.1) is 24.2 Å². The second-order valence-electron chi connectivity index (χ2n) is 5.49. The van der Waals surface area contributed by atoms with Crippen LogP contribution in [0.3, 0.4) is 0 Å². The van der Waals surface area contributed by atoms with Crippen molar-refractivity contribution in [1.29, 1.82) is 0 Å². The van der Waals surface area contributed by atoms with Crippen molar-refractivity contribution >= 4 is 5.91 Å². The molecule has 0 radical (unpaired) electrons. The van der Waals surface area contributed by atoms with E-state index in [9.17, 15) is 4.79 Å². The van der Waals surface area contributed by atoms with Crippen LogP contribution in [-0.4, -0.2) is 42.6 Å². The van der Waals surface area contributed by atoms with Crippen LogP contribution >= 0.6 is 0 Å². The molecule has 2 fully saturated rings. The fourth-order valence-corrected chi connectivity index (χ4v) is 2.65. The van der Waals surface area contributed by atoms with Crippen molar-refractivity contribution in [2.24, 2.45) is 11.1 Å². The van der Waals surface area contributed by atoms with Gasteiger partial charge in [0.2, 0.25) is 5.91 Å². The summed E-state index contributed by atoms with van der Waals surface area (Å²) in [5.41, 5.74) is 5.23. The summed E-state index contributed by atoms with van der Waals surface area (Å²) in [6.45, 7) is 5.65. The summed E-state index contributed by atoms with van der Waals surface area (Å²) in [6, 6.07) is 0.298. The molecule has 2 rings (SSSR count). The highest BCUT2D eigenvalue weighted by molar-refractivity contribution is 5.82. The average Bonchev–Trinajstić information content (AvgIpc) is 2.75. The number of carbonyl (C=O) groups excluding carboxylic acids is 1. The number of carbonyl (C=O) groups is 1. The minimum Gasteiger partial charge on any atom is -0.374 e. The van der Waals surface area contributed by atoms with E-state index in [0.717, 1.165) is 19.4 Å². The Morgan fingerprint density at radius 3 is 2.94 bits per heavy atom. The lowest BCUT2D eigenvalue weighted by Gasteiger charge is -2.41. The molecule has 1 amide bonds. The molecule has 2 aliphatic rings. The van der Waals surface area contributed by atoms with E-state index in [1.807, 2.05) is 18.7 Å². The van der Waals surface area contributed by atoms with Crippen LogP contribution < -0.4 is 5.73 Å². The molecule has 1 saturated heterocycles. The van der Waals surface area contributed by atoms with Gasteiger partial charge in [-0.05, 0) is 33.1 Å². The lowest BCUT2D eigenvalue weighted by Crippen LogP contribution is -2.56. The van der Waals surface area contributed by atoms with Crippen molar-refractivity contribution < 1.29 is 9.53 Å². The number of fused-ring (bicyclic) bond motifs is 1. The average molecular weight is 226 g/mol. The van der Waals surface area contributed by atoms with Gasteiger partial charge in [0.25, 0.3) is 0 Å². The molecule has 4 heteroatoms. The third kappa shape index (κ3) is 1.96. The second-order valence-corrected chi connectivity index (χ2v) is 5.49. The van der Waals surface area contributed by atoms with Crippen LogP contribution in [0.25, 0.3) is 0 Å². The molecule has 16 heavy (non-hydrogen) atoms. The molecule has 0 spiro atoms. The van der Waals surface area contributed by atoms with E-state index >= 15 is 0 Å². The summed E-state index contributed by atoms with van der Waals surface area (Å²) in [7, 11) is 0. The van der Waals surface area contributed by atoms with E-state index in [2.05, 4.69) is 0 Å². The number of rotatable bonds is 2. The Kier molecular flexibility index (Phi) is 3.22. The standard InChI is InChI=1S/C12H22N2O2/c1-12(2,8-13)11(15)14-6-7-16-10-5-3-4-9(10)14/h9-10H,3-8,13H2,1-2H3. The summed E-state index contributed by atoms with van der Waals surface area (Å²) in [4.78, 5) is 14.4. The van der Waals surface area contributed by atoms with Crippen LogP contribution in [0.4, 0.5) is 0 Å². The Labute approximate surface area is 97.1 Å². The van der Waals surface area contributed by atoms with E-state index in [1.54, 1.807) is 0 Å². The van der Waals surface area contributed by atoms with E-state index in [4.69, 9.17) is 10.5 Å². The summed E-state index contributed by atoms with van der Waals surface area (Å²) in [6.07, 6.45) is 3.61. The van der Waals surface area contributed by atoms with Crippen molar-refractivity contribution in [3.8, 4) is 0 Å². The second kappa shape index (κ2) is 4.34. The lowest BCUT2D eigenvalue weighted by atomic mass is 9.90. The molecule has 0 bridgehead atoms. The monoisotopic (exact) mass is 226 g/mol. The number of amides is 1. The van der Waals surface area contributed by atoms with Crippen molar-refractivity contribution in [3.05, 3.63) is 0 Å². The first-order chi connectivity index (χ1) is 7.56. The van der Waals surface area contributed by atoms with Gasteiger partial charge in [0, 0.05) is 13.1 Å². The number of morpholine rings is 1. The molecule has 1 aliphatic heterocycles. The minimum atomic E-state index is -0.440. The van der Waals surface area contributed by atoms with Gasteiger partial charge in [-0.3, -0.25) is 4.79 Å². The Morgan fingerprint density at radius 1 is 1.50 bits per heavy atom. The first kappa shape index (κ1) is 11.9. The van der Waals surface area contributed by atoms with E-state index in [0.29, 0.717) is 19.2 Å². The van der Waals surface area contributed by atoms with Crippen molar-refractivity contribution in [2.75, 3.05) is 19.7 Å². The number of ether oxygens (including phenoxy) is 1. The number of hydrogen-bond donors (Lipinski definition) is 1. The van der Waals surface area contributed by atoms with Crippen LogP contribution in [0, 0.1) is 5.41 Å². The SMILES string of the molecule is CC(C)(CN)C(=O)N1CCOC2CCCC21. The molecule has 0 aromatic heterocycles. The zero-order valence-corrected chi connectivity index (χ0v) is 10.2. The summed E-state index contributed by atoms with van der Waals surface area (Å²) >= 11 is 0. The maximum atomic E-state index is 12.4. The van der Waals surface area contributed by atoms with Gasteiger partial charge in [0.1, 0.15) is 0 Å². The van der Waals surface area contributed by atoms with Gasteiger partial charge >= 0.3 is 0 Å². The Morgan fingerprint density at radius 2 is 2.25 bits per heavy atom. The van der Waals surface area contributed by atoms with Crippen LogP contribution in [0.1, 0.15) is 33.1 Å². The minimum absolute atomic E-state index is 0.190. The molecule has 2 unspecified atom stereocenters. The largest absolute Gasteiger partial charge is 0.374 e. The smallest absolute Gasteiger partial charge is 0.229 e. The van der Waals surface area contributed by atoms with Crippen molar-refractivity contribution in [2.45, 2.75) is 45.3 Å². The van der Waals surface area contributed by atoms with Crippen molar-refractivity contribution in [3.63, 3.8) is 0 Å². The third-order valence-electron chi connectivity index (χ3n) is 3.83. The molecule has 1 heterocycles. The summed E-state index contributed by atoms with van der Waals surface area (Å²) in [5, 5.41) is 0. The van der Waals surface area contributed by atoms with Crippen LogP contribution in [0.15, 0.2) is 0 Å². The molecular formula is C12H22N2O2. The quantitative estimate of drug-likeness (QED) is 0.756. The number of nitrogens with two attached hydrogens (primary N) is 1. The van der Waals surface area contributed by atoms with Gasteiger partial charge in [-0.1, -0.05) is 0 Å². The van der Waals surface area contributed by atoms with Gasteiger partial charge in [-0.25, -0.2) is 0 Å². The Hall–Kier alpha value is -0.610. The van der Waals surface area contributed by atoms with E-state index < -0.39 is 5.41 Å². The number of hydrogen-bond acceptors (Lipinski definition) is 3. The van der Waals surface area contributed by atoms with Crippen molar-refractivity contribution in [1.82, 2.24) is 4.90 Å². The van der Waals surface area contributed by atoms with Crippen LogP contribution in [0.2, 0.25) is 0 Å². The zero-order valence-electron chi connectivity index (χ0n) is 10.2. The molecular weight excluding hydrogens is 204 g/mol. The summed E-state index contributed by atoms with van der Waals surface area (Å²) < 4.78 is 5.70. The van der Waals surface area contributed by atoms with Gasteiger partial charge < -0.3 is 15.4 Å². The predicted molar refractivity (Wildman–Crippen MR) is 61.9 cm³/mol. The van der Waals surface area contributed by atoms with Gasteiger partial charge in [0.15, 0.2) is 0 Å². The van der Waals surface area contributed by atoms with Gasteiger partial charge in [-0.2, -0.15) is 0 Å². The Bertz CT molecular complexity index is 278. The van der Waals surface area contributed by atoms with Gasteiger partial charge in [-0.15, -0.1) is 0 Å². The molecule has 4 nitrogen and oxygen atoms in total. The van der Waals surface area contributed by atoms with E-state index in [-0.39, 0.29) is 12.0 Å². The molecule has 2 atom stereocenters. The topological polar surface area (TPSA) is 55.6 Å². The maximum Gasteiger partial charge on any atom is 0.229 e. The molecule has 0 aromatic carbocycles. The summed E-state index contributed by atoms with van der Waals surface area (Å²) in [5.74, 6) is 0.190. The normalized spacial score (nSPS) is 30.3. The molecule has 0 aromatic rings. The predicted octanol–water partition coefficient (Wildman–Crippen LogP) is 0.751. The van der Waals surface area contributed by atoms with Crippen LogP contribution in [0.5, 0.6) is 0 Å². The molecule has 1 saturated carbocycles. The fraction of sp³-hybridized carbons (Fsp3) is 0.917. The lowest BCUT2D eigenvalue weighted by molar-refractivity contribution is -0.152. The maximum absolute atomic E-state index is 12.4. The molecule has 92 valence electrons. The van der Waals surface area contributed by atoms with E-state index in [1.165, 1.54) is 6.42 Å².